The lowest BCUT2D eigenvalue weighted by atomic mass is 10.0. The molecule has 0 radical (unpaired) electrons. The minimum atomic E-state index is -0.864. The van der Waals surface area contributed by atoms with Crippen LogP contribution in [-0.4, -0.2) is 34.9 Å². The summed E-state index contributed by atoms with van der Waals surface area (Å²) in [5.41, 5.74) is 0. The molecule has 2 atom stereocenters. The predicted octanol–water partition coefficient (Wildman–Crippen LogP) is 17.3. The van der Waals surface area contributed by atoms with Crippen molar-refractivity contribution in [2.45, 2.75) is 302 Å². The van der Waals surface area contributed by atoms with Gasteiger partial charge in [-0.15, -0.1) is 0 Å². The second kappa shape index (κ2) is 51.0. The van der Waals surface area contributed by atoms with Gasteiger partial charge in [0, 0.05) is 6.42 Å². The fraction of sp³-hybridized carbons (Fsp3) is 0.873. The number of aliphatic hydroxyl groups is 2. The summed E-state index contributed by atoms with van der Waals surface area (Å²) in [6, 6.07) is -0.641. The van der Waals surface area contributed by atoms with E-state index in [1.807, 2.05) is 6.08 Å². The molecule has 4 heteroatoms. The van der Waals surface area contributed by atoms with Crippen LogP contribution >= 0.6 is 0 Å². The molecule has 0 bridgehead atoms. The summed E-state index contributed by atoms with van der Waals surface area (Å²) in [4.78, 5) is 12.4. The van der Waals surface area contributed by atoms with Gasteiger partial charge < -0.3 is 15.5 Å². The Kier molecular flexibility index (Phi) is 49.8. The Morgan fingerprint density at radius 2 is 0.661 bits per heavy atom. The lowest BCUT2D eigenvalue weighted by Crippen LogP contribution is -2.45. The van der Waals surface area contributed by atoms with E-state index < -0.39 is 12.1 Å². The molecule has 0 aromatic carbocycles. The van der Waals surface area contributed by atoms with E-state index in [-0.39, 0.29) is 12.5 Å². The highest BCUT2D eigenvalue weighted by Gasteiger charge is 2.17. The van der Waals surface area contributed by atoms with Gasteiger partial charge in [-0.25, -0.2) is 0 Å². The molecule has 3 N–H and O–H groups in total. The number of allylic oxidation sites excluding steroid dienone is 5. The van der Waals surface area contributed by atoms with Crippen LogP contribution in [0.2, 0.25) is 0 Å². The van der Waals surface area contributed by atoms with Crippen LogP contribution in [0.15, 0.2) is 36.5 Å². The van der Waals surface area contributed by atoms with Crippen LogP contribution in [0.4, 0.5) is 0 Å². The minimum absolute atomic E-state index is 0.0760. The summed E-state index contributed by atoms with van der Waals surface area (Å²) in [5, 5.41) is 23.1. The van der Waals surface area contributed by atoms with Gasteiger partial charge in [0.25, 0.3) is 0 Å². The Bertz CT molecular complexity index is 897. The van der Waals surface area contributed by atoms with Gasteiger partial charge in [0.2, 0.25) is 5.91 Å². The Morgan fingerprint density at radius 3 is 0.983 bits per heavy atom. The smallest absolute Gasteiger partial charge is 0.220 e. The summed E-state index contributed by atoms with van der Waals surface area (Å²) in [6.45, 7) is 4.31. The third kappa shape index (κ3) is 47.5. The third-order valence-corrected chi connectivity index (χ3v) is 12.3. The SMILES string of the molecule is CCCCCCCC/C=C\CCCCCCCCCC(=O)NC(CO)C(O)/C=C/CC/C=C/CCCCCCCCCCCCCCCCCCCCCCCCCC. The molecule has 4 nitrogen and oxygen atoms in total. The molecule has 0 aliphatic heterocycles. The van der Waals surface area contributed by atoms with E-state index in [0.29, 0.717) is 6.42 Å². The van der Waals surface area contributed by atoms with Gasteiger partial charge >= 0.3 is 0 Å². The highest BCUT2D eigenvalue weighted by molar-refractivity contribution is 5.76. The lowest BCUT2D eigenvalue weighted by molar-refractivity contribution is -0.123. The van der Waals surface area contributed by atoms with Gasteiger partial charge in [-0.05, 0) is 57.8 Å². The molecule has 0 heterocycles. The van der Waals surface area contributed by atoms with Crippen molar-refractivity contribution in [3.63, 3.8) is 0 Å². The average molecular weight is 828 g/mol. The molecule has 0 aromatic heterocycles. The molecular formula is C55H105NO3. The number of amides is 1. The molecule has 0 spiro atoms. The summed E-state index contributed by atoms with van der Waals surface area (Å²) in [5.74, 6) is -0.0760. The molecular weight excluding hydrogens is 723 g/mol. The van der Waals surface area contributed by atoms with Crippen molar-refractivity contribution in [3.05, 3.63) is 36.5 Å². The fourth-order valence-corrected chi connectivity index (χ4v) is 8.25. The zero-order valence-corrected chi connectivity index (χ0v) is 40.0. The number of aliphatic hydroxyl groups excluding tert-OH is 2. The summed E-state index contributed by atoms with van der Waals surface area (Å²) in [6.07, 6.45) is 68.7. The molecule has 0 saturated carbocycles. The van der Waals surface area contributed by atoms with Crippen LogP contribution in [0.25, 0.3) is 0 Å². The first-order chi connectivity index (χ1) is 29.2. The maximum Gasteiger partial charge on any atom is 0.220 e. The highest BCUT2D eigenvalue weighted by Crippen LogP contribution is 2.17. The number of hydrogen-bond donors (Lipinski definition) is 3. The van der Waals surface area contributed by atoms with Gasteiger partial charge in [0.1, 0.15) is 0 Å². The van der Waals surface area contributed by atoms with E-state index in [1.165, 1.54) is 238 Å². The standard InChI is InChI=1S/C55H105NO3/c1-3-5-7-9-11-13-15-17-19-21-22-23-24-25-26-27-28-29-30-31-32-33-35-36-38-40-42-44-46-48-50-54(58)53(52-57)56-55(59)51-49-47-45-43-41-39-37-34-20-18-16-14-12-10-8-6-4-2/h18,20,40,42,48,50,53-54,57-58H,3-17,19,21-39,41,43-47,49,51-52H2,1-2H3,(H,56,59)/b20-18-,42-40+,50-48+. The second-order valence-corrected chi connectivity index (χ2v) is 18.3. The van der Waals surface area contributed by atoms with Crippen molar-refractivity contribution < 1.29 is 15.0 Å². The van der Waals surface area contributed by atoms with Crippen molar-refractivity contribution in [2.24, 2.45) is 0 Å². The first-order valence-corrected chi connectivity index (χ1v) is 26.7. The minimum Gasteiger partial charge on any atom is -0.394 e. The molecule has 1 amide bonds. The summed E-state index contributed by atoms with van der Waals surface area (Å²) < 4.78 is 0. The van der Waals surface area contributed by atoms with Crippen molar-refractivity contribution in [1.82, 2.24) is 5.32 Å². The molecule has 2 unspecified atom stereocenters. The van der Waals surface area contributed by atoms with E-state index in [9.17, 15) is 15.0 Å². The molecule has 0 rings (SSSR count). The van der Waals surface area contributed by atoms with Crippen LogP contribution in [0.3, 0.4) is 0 Å². The van der Waals surface area contributed by atoms with Gasteiger partial charge in [0.05, 0.1) is 18.8 Å². The maximum absolute atomic E-state index is 12.4. The monoisotopic (exact) mass is 828 g/mol. The number of rotatable bonds is 49. The largest absolute Gasteiger partial charge is 0.394 e. The average Bonchev–Trinajstić information content (AvgIpc) is 3.24. The highest BCUT2D eigenvalue weighted by atomic mass is 16.3. The van der Waals surface area contributed by atoms with Crippen molar-refractivity contribution >= 4 is 5.91 Å². The van der Waals surface area contributed by atoms with Gasteiger partial charge in [-0.1, -0.05) is 262 Å². The Balaban J connectivity index is 3.51. The van der Waals surface area contributed by atoms with E-state index in [4.69, 9.17) is 0 Å². The number of nitrogens with one attached hydrogen (secondary N) is 1. The summed E-state index contributed by atoms with van der Waals surface area (Å²) >= 11 is 0. The van der Waals surface area contributed by atoms with Crippen LogP contribution < -0.4 is 5.32 Å². The zero-order chi connectivity index (χ0) is 42.8. The first-order valence-electron chi connectivity index (χ1n) is 26.7. The van der Waals surface area contributed by atoms with Crippen LogP contribution in [0, 0.1) is 0 Å². The topological polar surface area (TPSA) is 69.6 Å². The quantitative estimate of drug-likeness (QED) is 0.0423. The lowest BCUT2D eigenvalue weighted by Gasteiger charge is -2.19. The second-order valence-electron chi connectivity index (χ2n) is 18.3. The van der Waals surface area contributed by atoms with E-state index in [2.05, 4.69) is 43.5 Å². The number of carbonyl (C=O) groups excluding carboxylic acids is 1. The van der Waals surface area contributed by atoms with Gasteiger partial charge in [-0.3, -0.25) is 4.79 Å². The molecule has 0 aliphatic rings. The predicted molar refractivity (Wildman–Crippen MR) is 262 cm³/mol. The zero-order valence-electron chi connectivity index (χ0n) is 40.0. The first kappa shape index (κ1) is 57.6. The molecule has 59 heavy (non-hydrogen) atoms. The van der Waals surface area contributed by atoms with Gasteiger partial charge in [0.15, 0.2) is 0 Å². The van der Waals surface area contributed by atoms with Gasteiger partial charge in [-0.2, -0.15) is 0 Å². The Morgan fingerprint density at radius 1 is 0.390 bits per heavy atom. The Hall–Kier alpha value is -1.39. The number of unbranched alkanes of at least 4 members (excludes halogenated alkanes) is 38. The molecule has 0 saturated heterocycles. The van der Waals surface area contributed by atoms with Crippen LogP contribution in [-0.2, 0) is 4.79 Å². The summed E-state index contributed by atoms with van der Waals surface area (Å²) in [7, 11) is 0. The third-order valence-electron chi connectivity index (χ3n) is 12.3. The molecule has 348 valence electrons. The fourth-order valence-electron chi connectivity index (χ4n) is 8.25. The van der Waals surface area contributed by atoms with Crippen molar-refractivity contribution in [1.29, 1.82) is 0 Å². The molecule has 0 aromatic rings. The van der Waals surface area contributed by atoms with E-state index in [1.54, 1.807) is 6.08 Å². The van der Waals surface area contributed by atoms with Crippen LogP contribution in [0.1, 0.15) is 290 Å². The van der Waals surface area contributed by atoms with E-state index >= 15 is 0 Å². The Labute approximate surface area is 370 Å². The normalized spacial score (nSPS) is 13.1. The van der Waals surface area contributed by atoms with Crippen molar-refractivity contribution in [2.75, 3.05) is 6.61 Å². The van der Waals surface area contributed by atoms with E-state index in [0.717, 1.165) is 32.1 Å². The number of hydrogen-bond acceptors (Lipinski definition) is 3. The van der Waals surface area contributed by atoms with Crippen LogP contribution in [0.5, 0.6) is 0 Å². The maximum atomic E-state index is 12.4. The van der Waals surface area contributed by atoms with Crippen molar-refractivity contribution in [3.8, 4) is 0 Å². The molecule has 0 fully saturated rings. The molecule has 0 aliphatic carbocycles. The number of carbonyl (C=O) groups is 1.